The number of carbonyl (C=O) groups is 1. The molecule has 0 radical (unpaired) electrons. The first-order valence-electron chi connectivity index (χ1n) is 3.96. The van der Waals surface area contributed by atoms with Gasteiger partial charge < -0.3 is 9.84 Å². The summed E-state index contributed by atoms with van der Waals surface area (Å²) in [6.07, 6.45) is -0.236. The van der Waals surface area contributed by atoms with Crippen molar-refractivity contribution in [3.8, 4) is 17.6 Å². The predicted molar refractivity (Wildman–Crippen MR) is 49.2 cm³/mol. The van der Waals surface area contributed by atoms with Crippen molar-refractivity contribution < 1.29 is 14.6 Å². The third kappa shape index (κ3) is 2.02. The molecule has 0 bridgehead atoms. The van der Waals surface area contributed by atoms with Gasteiger partial charge in [-0.05, 0) is 12.1 Å². The van der Waals surface area contributed by atoms with E-state index in [1.165, 1.54) is 19.2 Å². The van der Waals surface area contributed by atoms with Gasteiger partial charge in [0.25, 0.3) is 0 Å². The summed E-state index contributed by atoms with van der Waals surface area (Å²) in [4.78, 5) is 11.2. The Morgan fingerprint density at radius 2 is 2.36 bits per heavy atom. The number of Topliss-reactive ketones (excluding diaryl/α,β-unsaturated/α-hetero) is 1. The van der Waals surface area contributed by atoms with Crippen LogP contribution < -0.4 is 4.74 Å². The van der Waals surface area contributed by atoms with Crippen molar-refractivity contribution >= 4 is 5.78 Å². The van der Waals surface area contributed by atoms with Crippen molar-refractivity contribution in [2.24, 2.45) is 0 Å². The fourth-order valence-electron chi connectivity index (χ4n) is 1.04. The van der Waals surface area contributed by atoms with Gasteiger partial charge in [-0.3, -0.25) is 4.79 Å². The van der Waals surface area contributed by atoms with E-state index in [0.717, 1.165) is 0 Å². The highest BCUT2D eigenvalue weighted by atomic mass is 16.5. The van der Waals surface area contributed by atoms with Crippen LogP contribution in [0.4, 0.5) is 0 Å². The smallest absolute Gasteiger partial charge is 0.180 e. The zero-order valence-corrected chi connectivity index (χ0v) is 7.65. The van der Waals surface area contributed by atoms with Crippen molar-refractivity contribution in [1.29, 1.82) is 5.26 Å². The Morgan fingerprint density at radius 3 is 2.86 bits per heavy atom. The number of rotatable bonds is 3. The molecule has 0 unspecified atom stereocenters. The highest BCUT2D eigenvalue weighted by Crippen LogP contribution is 2.24. The number of nitriles is 1. The Balaban J connectivity index is 3.01. The molecule has 0 spiro atoms. The molecule has 0 aliphatic carbocycles. The van der Waals surface area contributed by atoms with Crippen LogP contribution in [0.2, 0.25) is 0 Å². The molecule has 0 saturated carbocycles. The second-order valence-electron chi connectivity index (χ2n) is 2.64. The fraction of sp³-hybridized carbons (Fsp3) is 0.200. The summed E-state index contributed by atoms with van der Waals surface area (Å²) in [7, 11) is 1.46. The van der Waals surface area contributed by atoms with E-state index in [1.807, 2.05) is 0 Å². The molecule has 0 atom stereocenters. The first kappa shape index (κ1) is 10.1. The lowest BCUT2D eigenvalue weighted by Crippen LogP contribution is -1.97. The van der Waals surface area contributed by atoms with Crippen LogP contribution >= 0.6 is 0 Å². The molecule has 1 N–H and O–H groups in total. The second-order valence-corrected chi connectivity index (χ2v) is 2.64. The van der Waals surface area contributed by atoms with Gasteiger partial charge in [0.2, 0.25) is 0 Å². The van der Waals surface area contributed by atoms with E-state index in [2.05, 4.69) is 0 Å². The molecule has 0 heterocycles. The lowest BCUT2D eigenvalue weighted by atomic mass is 10.1. The van der Waals surface area contributed by atoms with Crippen LogP contribution in [0, 0.1) is 11.3 Å². The van der Waals surface area contributed by atoms with Gasteiger partial charge in [0.05, 0.1) is 25.2 Å². The van der Waals surface area contributed by atoms with Gasteiger partial charge in [-0.1, -0.05) is 0 Å². The van der Waals surface area contributed by atoms with Crippen molar-refractivity contribution in [2.45, 2.75) is 6.42 Å². The highest BCUT2D eigenvalue weighted by Gasteiger charge is 2.10. The van der Waals surface area contributed by atoms with Gasteiger partial charge >= 0.3 is 0 Å². The lowest BCUT2D eigenvalue weighted by Gasteiger charge is -2.03. The van der Waals surface area contributed by atoms with E-state index >= 15 is 0 Å². The van der Waals surface area contributed by atoms with Crippen LogP contribution in [0.15, 0.2) is 18.2 Å². The summed E-state index contributed by atoms with van der Waals surface area (Å²) >= 11 is 0. The minimum absolute atomic E-state index is 0.146. The van der Waals surface area contributed by atoms with Crippen LogP contribution in [-0.4, -0.2) is 18.0 Å². The average Bonchev–Trinajstić information content (AvgIpc) is 2.17. The highest BCUT2D eigenvalue weighted by molar-refractivity contribution is 5.99. The molecular formula is C10H9NO3. The first-order chi connectivity index (χ1) is 6.69. The zero-order valence-electron chi connectivity index (χ0n) is 7.65. The Morgan fingerprint density at radius 1 is 1.64 bits per heavy atom. The largest absolute Gasteiger partial charge is 0.507 e. The van der Waals surface area contributed by atoms with E-state index < -0.39 is 5.78 Å². The van der Waals surface area contributed by atoms with Gasteiger partial charge in [0.1, 0.15) is 11.5 Å². The van der Waals surface area contributed by atoms with Gasteiger partial charge in [0.15, 0.2) is 5.78 Å². The predicted octanol–water partition coefficient (Wildman–Crippen LogP) is 1.50. The maximum absolute atomic E-state index is 11.2. The molecule has 14 heavy (non-hydrogen) atoms. The van der Waals surface area contributed by atoms with Crippen LogP contribution in [-0.2, 0) is 0 Å². The summed E-state index contributed by atoms with van der Waals surface area (Å²) in [5.41, 5.74) is 0.146. The van der Waals surface area contributed by atoms with E-state index in [0.29, 0.717) is 5.75 Å². The van der Waals surface area contributed by atoms with Crippen LogP contribution in [0.5, 0.6) is 11.5 Å². The van der Waals surface area contributed by atoms with E-state index in [-0.39, 0.29) is 17.7 Å². The summed E-state index contributed by atoms with van der Waals surface area (Å²) in [5, 5.41) is 17.7. The van der Waals surface area contributed by atoms with Crippen molar-refractivity contribution in [3.05, 3.63) is 23.8 Å². The van der Waals surface area contributed by atoms with Crippen LogP contribution in [0.3, 0.4) is 0 Å². The lowest BCUT2D eigenvalue weighted by molar-refractivity contribution is 0.0995. The van der Waals surface area contributed by atoms with Gasteiger partial charge in [0, 0.05) is 6.07 Å². The number of carbonyl (C=O) groups excluding carboxylic acids is 1. The number of phenols is 1. The first-order valence-corrected chi connectivity index (χ1v) is 3.96. The quantitative estimate of drug-likeness (QED) is 0.735. The van der Waals surface area contributed by atoms with E-state index in [9.17, 15) is 9.90 Å². The van der Waals surface area contributed by atoms with Gasteiger partial charge in [-0.25, -0.2) is 0 Å². The average molecular weight is 191 g/mol. The zero-order chi connectivity index (χ0) is 10.6. The number of aromatic hydroxyl groups is 1. The Bertz CT molecular complexity index is 393. The number of hydrogen-bond acceptors (Lipinski definition) is 4. The van der Waals surface area contributed by atoms with Gasteiger partial charge in [-0.2, -0.15) is 5.26 Å². The topological polar surface area (TPSA) is 70.3 Å². The number of methoxy groups -OCH3 is 1. The molecule has 1 aromatic carbocycles. The summed E-state index contributed by atoms with van der Waals surface area (Å²) < 4.78 is 4.85. The fourth-order valence-corrected chi connectivity index (χ4v) is 1.04. The van der Waals surface area contributed by atoms with E-state index in [1.54, 1.807) is 12.1 Å². The molecule has 4 nitrogen and oxygen atoms in total. The standard InChI is InChI=1S/C10H9NO3/c1-14-7-2-3-8(10(13)6-7)9(12)4-5-11/h2-3,6,13H,4H2,1H3. The monoisotopic (exact) mass is 191 g/mol. The third-order valence-corrected chi connectivity index (χ3v) is 1.74. The Kier molecular flexibility index (Phi) is 3.08. The maximum Gasteiger partial charge on any atom is 0.180 e. The molecule has 0 saturated heterocycles. The van der Waals surface area contributed by atoms with E-state index in [4.69, 9.17) is 10.00 Å². The molecule has 4 heteroatoms. The minimum atomic E-state index is -0.396. The Labute approximate surface area is 81.4 Å². The molecule has 0 aliphatic rings. The maximum atomic E-state index is 11.2. The molecule has 1 aromatic rings. The SMILES string of the molecule is COc1ccc(C(=O)CC#N)c(O)c1. The number of phenolic OH excluding ortho intramolecular Hbond substituents is 1. The number of ether oxygens (including phenoxy) is 1. The van der Waals surface area contributed by atoms with Crippen LogP contribution in [0.25, 0.3) is 0 Å². The number of nitrogens with zero attached hydrogens (tertiary/aromatic N) is 1. The van der Waals surface area contributed by atoms with Crippen molar-refractivity contribution in [2.75, 3.05) is 7.11 Å². The van der Waals surface area contributed by atoms with Gasteiger partial charge in [-0.15, -0.1) is 0 Å². The molecule has 0 amide bonds. The molecule has 0 aliphatic heterocycles. The minimum Gasteiger partial charge on any atom is -0.507 e. The molecule has 72 valence electrons. The second kappa shape index (κ2) is 4.28. The number of ketones is 1. The summed E-state index contributed by atoms with van der Waals surface area (Å²) in [6, 6.07) is 6.07. The normalized spacial score (nSPS) is 9.14. The molecule has 0 fully saturated rings. The third-order valence-electron chi connectivity index (χ3n) is 1.74. The number of benzene rings is 1. The van der Waals surface area contributed by atoms with Crippen molar-refractivity contribution in [1.82, 2.24) is 0 Å². The molecule has 1 rings (SSSR count). The summed E-state index contributed by atoms with van der Waals surface area (Å²) in [5.74, 6) is -0.0896. The molecule has 0 aromatic heterocycles. The Hall–Kier alpha value is -2.02. The van der Waals surface area contributed by atoms with Crippen molar-refractivity contribution in [3.63, 3.8) is 0 Å². The summed E-state index contributed by atoms with van der Waals surface area (Å²) in [6.45, 7) is 0. The van der Waals surface area contributed by atoms with Crippen LogP contribution in [0.1, 0.15) is 16.8 Å². The number of hydrogen-bond donors (Lipinski definition) is 1. The molecular weight excluding hydrogens is 182 g/mol.